The zero-order valence-corrected chi connectivity index (χ0v) is 30.1. The molecule has 3 aromatic rings. The lowest BCUT2D eigenvalue weighted by Crippen LogP contribution is -2.56. The second-order valence-corrected chi connectivity index (χ2v) is 25.5. The highest BCUT2D eigenvalue weighted by Crippen LogP contribution is 2.47. The monoisotopic (exact) mass is 649 g/mol. The number of nitrogen functional groups attached to an aromatic ring is 1. The van der Waals surface area contributed by atoms with Crippen LogP contribution in [-0.2, 0) is 29.4 Å². The Kier molecular flexibility index (Phi) is 8.74. The van der Waals surface area contributed by atoms with E-state index in [0.29, 0.717) is 25.3 Å². The third kappa shape index (κ3) is 6.54. The number of nitrogens with zero attached hydrogens (tertiary/aromatic N) is 4. The molecule has 1 aliphatic heterocycles. The molecule has 238 valence electrons. The topological polar surface area (TPSA) is 141 Å². The number of hydrogen-bond donors (Lipinski definition) is 1. The summed E-state index contributed by atoms with van der Waals surface area (Å²) in [6.07, 6.45) is 1.62. The molecular weight excluding hydrogens is 603 g/mol. The maximum atomic E-state index is 13.2. The Morgan fingerprint density at radius 3 is 2.21 bits per heavy atom. The van der Waals surface area contributed by atoms with Gasteiger partial charge in [0.15, 0.2) is 33.5 Å². The van der Waals surface area contributed by atoms with Gasteiger partial charge >= 0.3 is 10.1 Å². The Morgan fingerprint density at radius 2 is 1.63 bits per heavy atom. The number of nitrogens with two attached hydrogens (primary N) is 1. The van der Waals surface area contributed by atoms with Crippen LogP contribution in [0, 0.1) is 6.92 Å². The summed E-state index contributed by atoms with van der Waals surface area (Å²) in [7, 11) is -8.78. The van der Waals surface area contributed by atoms with Gasteiger partial charge in [-0.2, -0.15) is 18.4 Å². The van der Waals surface area contributed by atoms with Crippen LogP contribution in [0.15, 0.2) is 35.5 Å². The van der Waals surface area contributed by atoms with E-state index in [1.165, 1.54) is 12.1 Å². The molecule has 0 unspecified atom stereocenters. The van der Waals surface area contributed by atoms with Gasteiger partial charge in [-0.1, -0.05) is 59.2 Å². The first-order chi connectivity index (χ1) is 19.6. The van der Waals surface area contributed by atoms with E-state index in [9.17, 15) is 8.42 Å². The van der Waals surface area contributed by atoms with Crippen molar-refractivity contribution < 1.29 is 26.2 Å². The van der Waals surface area contributed by atoms with Gasteiger partial charge in [-0.05, 0) is 55.3 Å². The third-order valence-corrected chi connectivity index (χ3v) is 19.4. The molecule has 2 atom stereocenters. The molecule has 0 radical (unpaired) electrons. The van der Waals surface area contributed by atoms with Gasteiger partial charge in [0.05, 0.1) is 19.5 Å². The molecule has 1 aromatic carbocycles. The van der Waals surface area contributed by atoms with E-state index in [1.54, 1.807) is 18.5 Å². The largest absolute Gasteiger partial charge is 0.414 e. The van der Waals surface area contributed by atoms with E-state index >= 15 is 0 Å². The highest BCUT2D eigenvalue weighted by molar-refractivity contribution is 7.87. The average molecular weight is 650 g/mol. The molecule has 11 nitrogen and oxygen atoms in total. The number of benzene rings is 1. The zero-order valence-electron chi connectivity index (χ0n) is 27.3. The number of aromatic nitrogens is 4. The van der Waals surface area contributed by atoms with Crippen molar-refractivity contribution in [3.05, 3.63) is 36.2 Å². The van der Waals surface area contributed by atoms with Crippen LogP contribution in [0.2, 0.25) is 36.3 Å². The molecule has 43 heavy (non-hydrogen) atoms. The molecule has 0 spiro atoms. The molecule has 1 fully saturated rings. The van der Waals surface area contributed by atoms with Crippen molar-refractivity contribution in [1.82, 2.24) is 19.5 Å². The SMILES string of the molecule is Cc1ccc(S(=O)(=O)Oc2nc(N)nc3c2ncn3[C@@]2(O[Si](C)(C)C(C)(C)C)CCO[C@@H]2CO[Si](C)(C)C(C)(C)C)cc1. The molecule has 1 saturated heterocycles. The second kappa shape index (κ2) is 11.2. The molecule has 0 bridgehead atoms. The van der Waals surface area contributed by atoms with Gasteiger partial charge in [0.1, 0.15) is 11.0 Å². The van der Waals surface area contributed by atoms with Gasteiger partial charge in [0, 0.05) is 6.42 Å². The van der Waals surface area contributed by atoms with E-state index in [-0.39, 0.29) is 32.3 Å². The van der Waals surface area contributed by atoms with Gasteiger partial charge in [0.2, 0.25) is 5.95 Å². The Labute approximate surface area is 257 Å². The third-order valence-electron chi connectivity index (χ3n) is 9.21. The first-order valence-electron chi connectivity index (χ1n) is 14.6. The van der Waals surface area contributed by atoms with Gasteiger partial charge in [0.25, 0.3) is 5.88 Å². The molecule has 2 aromatic heterocycles. The number of hydrogen-bond acceptors (Lipinski definition) is 10. The number of anilines is 1. The average Bonchev–Trinajstić information content (AvgIpc) is 3.46. The molecule has 4 rings (SSSR count). The molecular formula is C29H47N5O6SSi2. The minimum atomic E-state index is -4.22. The highest BCUT2D eigenvalue weighted by Gasteiger charge is 2.54. The summed E-state index contributed by atoms with van der Waals surface area (Å²) < 4.78 is 54.0. The molecule has 0 saturated carbocycles. The fourth-order valence-electron chi connectivity index (χ4n) is 4.44. The summed E-state index contributed by atoms with van der Waals surface area (Å²) in [5.41, 5.74) is 6.48. The van der Waals surface area contributed by atoms with Crippen LogP contribution in [0.3, 0.4) is 0 Å². The fourth-order valence-corrected chi connectivity index (χ4v) is 7.85. The predicted octanol–water partition coefficient (Wildman–Crippen LogP) is 5.97. The van der Waals surface area contributed by atoms with Gasteiger partial charge in [-0.15, -0.1) is 0 Å². The van der Waals surface area contributed by atoms with E-state index < -0.39 is 38.6 Å². The van der Waals surface area contributed by atoms with E-state index in [2.05, 4.69) is 82.7 Å². The first kappa shape index (κ1) is 33.5. The Balaban J connectivity index is 1.84. The molecule has 0 amide bonds. The number of ether oxygens (including phenoxy) is 1. The second-order valence-electron chi connectivity index (χ2n) is 14.4. The molecule has 0 aliphatic carbocycles. The van der Waals surface area contributed by atoms with Crippen molar-refractivity contribution in [2.24, 2.45) is 0 Å². The van der Waals surface area contributed by atoms with Crippen molar-refractivity contribution in [2.45, 2.75) is 108 Å². The number of aryl methyl sites for hydroxylation is 1. The van der Waals surface area contributed by atoms with Crippen molar-refractivity contribution in [3.8, 4) is 5.88 Å². The van der Waals surface area contributed by atoms with E-state index in [1.807, 2.05) is 11.5 Å². The smallest absolute Gasteiger partial charge is 0.340 e. The van der Waals surface area contributed by atoms with Crippen LogP contribution in [0.4, 0.5) is 5.95 Å². The number of rotatable bonds is 9. The van der Waals surface area contributed by atoms with Crippen LogP contribution >= 0.6 is 0 Å². The van der Waals surface area contributed by atoms with Crippen LogP contribution < -0.4 is 9.92 Å². The zero-order chi connectivity index (χ0) is 32.2. The van der Waals surface area contributed by atoms with Crippen LogP contribution in [0.25, 0.3) is 11.2 Å². The summed E-state index contributed by atoms with van der Waals surface area (Å²) in [6.45, 7) is 24.5. The van der Waals surface area contributed by atoms with Crippen molar-refractivity contribution in [3.63, 3.8) is 0 Å². The minimum Gasteiger partial charge on any atom is -0.414 e. The predicted molar refractivity (Wildman–Crippen MR) is 172 cm³/mol. The minimum absolute atomic E-state index is 0.00682. The van der Waals surface area contributed by atoms with Gasteiger partial charge < -0.3 is 23.5 Å². The quantitative estimate of drug-likeness (QED) is 0.218. The number of fused-ring (bicyclic) bond motifs is 1. The van der Waals surface area contributed by atoms with Gasteiger partial charge in [-0.25, -0.2) is 4.98 Å². The van der Waals surface area contributed by atoms with Crippen LogP contribution in [0.5, 0.6) is 5.88 Å². The summed E-state index contributed by atoms with van der Waals surface area (Å²) in [5.74, 6) is -0.406. The standard InChI is InChI=1S/C29H47N5O6SSi2/c1-20-12-14-21(15-13-20)41(35,36)39-25-23-24(32-26(30)33-25)34(19-31-23)29(40-43(10,11)28(5,6)7)16-17-37-22(29)18-38-42(8,9)27(2,3)4/h12-15,19,22H,16-18H2,1-11H3,(H2,30,32,33)/t22-,29-/m1/s1. The van der Waals surface area contributed by atoms with Crippen molar-refractivity contribution in [2.75, 3.05) is 18.9 Å². The summed E-state index contributed by atoms with van der Waals surface area (Å²) in [5, 5.41) is -0.110. The van der Waals surface area contributed by atoms with Crippen LogP contribution in [0.1, 0.15) is 53.5 Å². The summed E-state index contributed by atoms with van der Waals surface area (Å²) in [6, 6.07) is 6.36. The summed E-state index contributed by atoms with van der Waals surface area (Å²) in [4.78, 5) is 13.2. The lowest BCUT2D eigenvalue weighted by molar-refractivity contribution is -0.0981. The first-order valence-corrected chi connectivity index (χ1v) is 21.8. The maximum Gasteiger partial charge on any atom is 0.340 e. The maximum absolute atomic E-state index is 13.2. The van der Waals surface area contributed by atoms with E-state index in [4.69, 9.17) is 23.5 Å². The van der Waals surface area contributed by atoms with Crippen molar-refractivity contribution >= 4 is 43.9 Å². The number of imidazole rings is 1. The van der Waals surface area contributed by atoms with Crippen LogP contribution in [-0.4, -0.2) is 63.9 Å². The normalized spacial score (nSPS) is 20.6. The van der Waals surface area contributed by atoms with Crippen molar-refractivity contribution in [1.29, 1.82) is 0 Å². The molecule has 14 heteroatoms. The lowest BCUT2D eigenvalue weighted by atomic mass is 10.1. The molecule has 3 heterocycles. The van der Waals surface area contributed by atoms with E-state index in [0.717, 1.165) is 5.56 Å². The Hall–Kier alpha value is -2.37. The highest BCUT2D eigenvalue weighted by atomic mass is 32.2. The lowest BCUT2D eigenvalue weighted by Gasteiger charge is -2.47. The summed E-state index contributed by atoms with van der Waals surface area (Å²) >= 11 is 0. The van der Waals surface area contributed by atoms with Gasteiger partial charge in [-0.3, -0.25) is 4.57 Å². The Bertz CT molecular complexity index is 1580. The fraction of sp³-hybridized carbons (Fsp3) is 0.621. The Morgan fingerprint density at radius 1 is 1.02 bits per heavy atom. The molecule has 1 aliphatic rings. The molecule has 2 N–H and O–H groups in total.